The highest BCUT2D eigenvalue weighted by Crippen LogP contribution is 2.44. The number of carboxylic acids is 1. The number of nitrogens with one attached hydrogen (secondary N) is 2. The Morgan fingerprint density at radius 3 is 2.18 bits per heavy atom. The molecule has 1 aliphatic rings. The van der Waals surface area contributed by atoms with Crippen LogP contribution in [-0.2, 0) is 19.1 Å². The summed E-state index contributed by atoms with van der Waals surface area (Å²) in [5.74, 6) is -2.19. The van der Waals surface area contributed by atoms with E-state index in [0.29, 0.717) is 12.8 Å². The van der Waals surface area contributed by atoms with Gasteiger partial charge in [-0.1, -0.05) is 61.9 Å². The third kappa shape index (κ3) is 6.14. The minimum Gasteiger partial charge on any atom is -0.481 e. The van der Waals surface area contributed by atoms with Gasteiger partial charge in [0.1, 0.15) is 12.6 Å². The zero-order chi connectivity index (χ0) is 24.5. The van der Waals surface area contributed by atoms with Crippen molar-refractivity contribution in [2.45, 2.75) is 38.1 Å². The lowest BCUT2D eigenvalue weighted by Crippen LogP contribution is -2.49. The second kappa shape index (κ2) is 12.2. The van der Waals surface area contributed by atoms with E-state index in [4.69, 9.17) is 9.47 Å². The van der Waals surface area contributed by atoms with E-state index >= 15 is 0 Å². The molecular formula is C26H32N2O6. The number of fused-ring (bicyclic) bond motifs is 3. The molecule has 0 bridgehead atoms. The fraction of sp³-hybridized carbons (Fsp3) is 0.423. The van der Waals surface area contributed by atoms with Crippen LogP contribution < -0.4 is 10.6 Å². The van der Waals surface area contributed by atoms with Crippen LogP contribution >= 0.6 is 0 Å². The molecule has 2 atom stereocenters. The largest absolute Gasteiger partial charge is 0.481 e. The van der Waals surface area contributed by atoms with Crippen molar-refractivity contribution in [3.63, 3.8) is 0 Å². The van der Waals surface area contributed by atoms with Crippen molar-refractivity contribution >= 4 is 18.0 Å². The molecule has 0 fully saturated rings. The standard InChI is InChI=1S/C26H32N2O6/c1-3-8-17(25(30)31)15-27-24(29)23(13-14-33-2)28-26(32)34-16-22-20-11-6-4-9-18(20)19-10-5-7-12-21(19)22/h4-7,9-12,17,22-23H,3,8,13-16H2,1-2H3,(H,27,29)(H,28,32)(H,30,31). The lowest BCUT2D eigenvalue weighted by molar-refractivity contribution is -0.142. The average Bonchev–Trinajstić information content (AvgIpc) is 3.16. The van der Waals surface area contributed by atoms with Crippen LogP contribution in [0.5, 0.6) is 0 Å². The summed E-state index contributed by atoms with van der Waals surface area (Å²) in [6.45, 7) is 2.27. The van der Waals surface area contributed by atoms with Crippen molar-refractivity contribution in [3.8, 4) is 11.1 Å². The lowest BCUT2D eigenvalue weighted by atomic mass is 9.98. The number of carbonyl (C=O) groups is 3. The van der Waals surface area contributed by atoms with Gasteiger partial charge in [-0.25, -0.2) is 4.79 Å². The molecule has 1 aliphatic carbocycles. The minimum absolute atomic E-state index is 0.00212. The molecule has 34 heavy (non-hydrogen) atoms. The van der Waals surface area contributed by atoms with Crippen molar-refractivity contribution in [2.75, 3.05) is 26.9 Å². The molecule has 2 aromatic carbocycles. The Kier molecular flexibility index (Phi) is 9.04. The highest BCUT2D eigenvalue weighted by atomic mass is 16.5. The van der Waals surface area contributed by atoms with Gasteiger partial charge in [-0.2, -0.15) is 0 Å². The summed E-state index contributed by atoms with van der Waals surface area (Å²) in [6, 6.07) is 15.2. The highest BCUT2D eigenvalue weighted by molar-refractivity contribution is 5.86. The molecule has 3 N–H and O–H groups in total. The van der Waals surface area contributed by atoms with Gasteiger partial charge in [-0.3, -0.25) is 9.59 Å². The average molecular weight is 469 g/mol. The molecule has 2 amide bonds. The Hall–Kier alpha value is -3.39. The van der Waals surface area contributed by atoms with Crippen molar-refractivity contribution < 1.29 is 29.0 Å². The molecule has 0 aromatic heterocycles. The van der Waals surface area contributed by atoms with E-state index in [9.17, 15) is 19.5 Å². The van der Waals surface area contributed by atoms with Crippen molar-refractivity contribution in [1.29, 1.82) is 0 Å². The fourth-order valence-corrected chi connectivity index (χ4v) is 4.30. The number of rotatable bonds is 12. The maximum absolute atomic E-state index is 12.7. The number of hydrogen-bond acceptors (Lipinski definition) is 5. The summed E-state index contributed by atoms with van der Waals surface area (Å²) >= 11 is 0. The normalized spacial score (nSPS) is 13.9. The number of methoxy groups -OCH3 is 1. The van der Waals surface area contributed by atoms with Crippen LogP contribution in [0.2, 0.25) is 0 Å². The number of carboxylic acid groups (broad SMARTS) is 1. The van der Waals surface area contributed by atoms with Gasteiger partial charge in [0.05, 0.1) is 5.92 Å². The van der Waals surface area contributed by atoms with E-state index < -0.39 is 29.9 Å². The zero-order valence-corrected chi connectivity index (χ0v) is 19.6. The molecular weight excluding hydrogens is 436 g/mol. The molecule has 182 valence electrons. The van der Waals surface area contributed by atoms with E-state index in [1.54, 1.807) is 0 Å². The highest BCUT2D eigenvalue weighted by Gasteiger charge is 2.30. The number of ether oxygens (including phenoxy) is 2. The van der Waals surface area contributed by atoms with Crippen LogP contribution in [0, 0.1) is 5.92 Å². The third-order valence-corrected chi connectivity index (χ3v) is 6.07. The van der Waals surface area contributed by atoms with Crippen LogP contribution in [0.25, 0.3) is 11.1 Å². The van der Waals surface area contributed by atoms with Gasteiger partial charge in [-0.05, 0) is 28.7 Å². The van der Waals surface area contributed by atoms with Gasteiger partial charge in [-0.15, -0.1) is 0 Å². The monoisotopic (exact) mass is 468 g/mol. The van der Waals surface area contributed by atoms with Crippen LogP contribution in [0.3, 0.4) is 0 Å². The Morgan fingerprint density at radius 2 is 1.62 bits per heavy atom. The van der Waals surface area contributed by atoms with E-state index in [1.807, 2.05) is 43.3 Å². The number of hydrogen-bond donors (Lipinski definition) is 3. The van der Waals surface area contributed by atoms with Gasteiger partial charge in [0.15, 0.2) is 0 Å². The number of carbonyl (C=O) groups excluding carboxylic acids is 2. The predicted molar refractivity (Wildman–Crippen MR) is 128 cm³/mol. The zero-order valence-electron chi connectivity index (χ0n) is 19.6. The second-order valence-corrected chi connectivity index (χ2v) is 8.37. The first-order chi connectivity index (χ1) is 16.5. The van der Waals surface area contributed by atoms with Crippen LogP contribution in [-0.4, -0.2) is 56.0 Å². The molecule has 0 saturated carbocycles. The summed E-state index contributed by atoms with van der Waals surface area (Å²) in [5.41, 5.74) is 4.45. The Labute approximate surface area is 199 Å². The minimum atomic E-state index is -0.958. The predicted octanol–water partition coefficient (Wildman–Crippen LogP) is 3.55. The number of alkyl carbamates (subject to hydrolysis) is 1. The summed E-state index contributed by atoms with van der Waals surface area (Å²) in [4.78, 5) is 36.6. The van der Waals surface area contributed by atoms with E-state index in [-0.39, 0.29) is 32.1 Å². The number of benzene rings is 2. The fourth-order valence-electron chi connectivity index (χ4n) is 4.30. The molecule has 8 heteroatoms. The Morgan fingerprint density at radius 1 is 1.00 bits per heavy atom. The van der Waals surface area contributed by atoms with Crippen molar-refractivity contribution in [2.24, 2.45) is 5.92 Å². The summed E-state index contributed by atoms with van der Waals surface area (Å²) in [7, 11) is 1.50. The van der Waals surface area contributed by atoms with Gasteiger partial charge in [0.2, 0.25) is 5.91 Å². The smallest absolute Gasteiger partial charge is 0.407 e. The maximum Gasteiger partial charge on any atom is 0.407 e. The van der Waals surface area contributed by atoms with Gasteiger partial charge >= 0.3 is 12.1 Å². The van der Waals surface area contributed by atoms with Gasteiger partial charge in [0.25, 0.3) is 0 Å². The van der Waals surface area contributed by atoms with Crippen LogP contribution in [0.4, 0.5) is 4.79 Å². The quantitative estimate of drug-likeness (QED) is 0.439. The lowest BCUT2D eigenvalue weighted by Gasteiger charge is -2.20. The van der Waals surface area contributed by atoms with E-state index in [0.717, 1.165) is 22.3 Å². The molecule has 0 spiro atoms. The van der Waals surface area contributed by atoms with E-state index in [2.05, 4.69) is 22.8 Å². The van der Waals surface area contributed by atoms with Crippen LogP contribution in [0.15, 0.2) is 48.5 Å². The molecule has 2 aromatic rings. The second-order valence-electron chi connectivity index (χ2n) is 8.37. The first kappa shape index (κ1) is 25.2. The topological polar surface area (TPSA) is 114 Å². The van der Waals surface area contributed by atoms with Crippen molar-refractivity contribution in [1.82, 2.24) is 10.6 Å². The maximum atomic E-state index is 12.7. The Bertz CT molecular complexity index is 963. The molecule has 0 saturated heterocycles. The molecule has 0 radical (unpaired) electrons. The summed E-state index contributed by atoms with van der Waals surface area (Å²) in [5, 5.41) is 14.5. The number of amides is 2. The number of aliphatic carboxylic acids is 1. The van der Waals surface area contributed by atoms with Crippen molar-refractivity contribution in [3.05, 3.63) is 59.7 Å². The molecule has 0 aliphatic heterocycles. The molecule has 2 unspecified atom stereocenters. The summed E-state index contributed by atoms with van der Waals surface area (Å²) in [6.07, 6.45) is 0.676. The molecule has 8 nitrogen and oxygen atoms in total. The molecule has 3 rings (SSSR count). The molecule has 0 heterocycles. The van der Waals surface area contributed by atoms with Gasteiger partial charge in [0, 0.05) is 32.6 Å². The van der Waals surface area contributed by atoms with E-state index in [1.165, 1.54) is 7.11 Å². The summed E-state index contributed by atoms with van der Waals surface area (Å²) < 4.78 is 10.6. The van der Waals surface area contributed by atoms with Crippen LogP contribution in [0.1, 0.15) is 43.2 Å². The van der Waals surface area contributed by atoms with Gasteiger partial charge < -0.3 is 25.2 Å². The first-order valence-corrected chi connectivity index (χ1v) is 11.6. The first-order valence-electron chi connectivity index (χ1n) is 11.6. The third-order valence-electron chi connectivity index (χ3n) is 6.07. The SMILES string of the molecule is CCCC(CNC(=O)C(CCOC)NC(=O)OCC1c2ccccc2-c2ccccc21)C(=O)O. The Balaban J connectivity index is 1.61.